The van der Waals surface area contributed by atoms with E-state index < -0.39 is 0 Å². The van der Waals surface area contributed by atoms with Gasteiger partial charge in [-0.3, -0.25) is 9.59 Å². The monoisotopic (exact) mass is 438 g/mol. The van der Waals surface area contributed by atoms with Crippen LogP contribution < -0.4 is 14.8 Å². The number of piperidine rings is 1. The number of nitrogens with one attached hydrogen (secondary N) is 1. The Bertz CT molecular complexity index is 903. The normalized spacial score (nSPS) is 14.2. The second kappa shape index (κ2) is 11.6. The van der Waals surface area contributed by atoms with Crippen molar-refractivity contribution in [3.63, 3.8) is 0 Å². The van der Waals surface area contributed by atoms with E-state index in [0.717, 1.165) is 42.6 Å². The van der Waals surface area contributed by atoms with Gasteiger partial charge in [0, 0.05) is 19.1 Å². The molecule has 0 aliphatic carbocycles. The SMILES string of the molecule is CCCc1ccc(OCC(=O)N2CCC(NC(=O)COc3cccc(C)c3C)CC2)cc1. The minimum atomic E-state index is -0.134. The molecule has 6 heteroatoms. The molecule has 3 rings (SSSR count). The molecule has 6 nitrogen and oxygen atoms in total. The van der Waals surface area contributed by atoms with Gasteiger partial charge < -0.3 is 19.7 Å². The van der Waals surface area contributed by atoms with Crippen molar-refractivity contribution >= 4 is 11.8 Å². The molecular weight excluding hydrogens is 404 g/mol. The lowest BCUT2D eigenvalue weighted by Gasteiger charge is -2.32. The predicted molar refractivity (Wildman–Crippen MR) is 125 cm³/mol. The first kappa shape index (κ1) is 23.6. The highest BCUT2D eigenvalue weighted by atomic mass is 16.5. The first-order chi connectivity index (χ1) is 15.5. The third-order valence-corrected chi connectivity index (χ3v) is 5.95. The summed E-state index contributed by atoms with van der Waals surface area (Å²) >= 11 is 0. The second-order valence-electron chi connectivity index (χ2n) is 8.39. The molecule has 172 valence electrons. The maximum Gasteiger partial charge on any atom is 0.260 e. The van der Waals surface area contributed by atoms with Gasteiger partial charge in [-0.1, -0.05) is 37.6 Å². The molecule has 0 unspecified atom stereocenters. The van der Waals surface area contributed by atoms with Crippen molar-refractivity contribution in [2.24, 2.45) is 0 Å². The Balaban J connectivity index is 1.36. The molecular formula is C26H34N2O4. The van der Waals surface area contributed by atoms with Gasteiger partial charge in [-0.25, -0.2) is 0 Å². The lowest BCUT2D eigenvalue weighted by atomic mass is 10.1. The molecule has 2 amide bonds. The number of hydrogen-bond donors (Lipinski definition) is 1. The molecule has 1 saturated heterocycles. The molecule has 0 saturated carbocycles. The van der Waals surface area contributed by atoms with Crippen molar-refractivity contribution < 1.29 is 19.1 Å². The highest BCUT2D eigenvalue weighted by Gasteiger charge is 2.24. The zero-order chi connectivity index (χ0) is 22.9. The van der Waals surface area contributed by atoms with Crippen LogP contribution in [0.15, 0.2) is 42.5 Å². The molecule has 1 heterocycles. The van der Waals surface area contributed by atoms with Gasteiger partial charge in [0.25, 0.3) is 11.8 Å². The van der Waals surface area contributed by atoms with E-state index in [2.05, 4.69) is 12.2 Å². The molecule has 1 aliphatic heterocycles. The van der Waals surface area contributed by atoms with Gasteiger partial charge in [-0.15, -0.1) is 0 Å². The molecule has 0 radical (unpaired) electrons. The van der Waals surface area contributed by atoms with Crippen molar-refractivity contribution in [2.45, 2.75) is 52.5 Å². The molecule has 1 N–H and O–H groups in total. The fourth-order valence-electron chi connectivity index (χ4n) is 3.84. The minimum Gasteiger partial charge on any atom is -0.484 e. The number of ether oxygens (including phenoxy) is 2. The van der Waals surface area contributed by atoms with Crippen LogP contribution in [-0.2, 0) is 16.0 Å². The quantitative estimate of drug-likeness (QED) is 0.646. The molecule has 0 bridgehead atoms. The van der Waals surface area contributed by atoms with E-state index in [9.17, 15) is 9.59 Å². The summed E-state index contributed by atoms with van der Waals surface area (Å²) in [6, 6.07) is 13.8. The van der Waals surface area contributed by atoms with Crippen molar-refractivity contribution in [1.82, 2.24) is 10.2 Å². The Morgan fingerprint density at radius 2 is 1.72 bits per heavy atom. The van der Waals surface area contributed by atoms with Gasteiger partial charge in [0.15, 0.2) is 13.2 Å². The van der Waals surface area contributed by atoms with E-state index in [1.54, 1.807) is 4.90 Å². The minimum absolute atomic E-state index is 0.00563. The summed E-state index contributed by atoms with van der Waals surface area (Å²) in [4.78, 5) is 26.6. The maximum atomic E-state index is 12.5. The Kier molecular flexibility index (Phi) is 8.54. The van der Waals surface area contributed by atoms with Gasteiger partial charge >= 0.3 is 0 Å². The van der Waals surface area contributed by atoms with E-state index in [0.29, 0.717) is 18.8 Å². The summed E-state index contributed by atoms with van der Waals surface area (Å²) in [5.74, 6) is 1.29. The van der Waals surface area contributed by atoms with Crippen LogP contribution in [-0.4, -0.2) is 49.1 Å². The Labute approximate surface area is 190 Å². The van der Waals surface area contributed by atoms with Gasteiger partial charge in [-0.05, 0) is 68.0 Å². The zero-order valence-electron chi connectivity index (χ0n) is 19.4. The van der Waals surface area contributed by atoms with Gasteiger partial charge in [0.05, 0.1) is 0 Å². The lowest BCUT2D eigenvalue weighted by Crippen LogP contribution is -2.48. The van der Waals surface area contributed by atoms with Crippen LogP contribution in [0, 0.1) is 13.8 Å². The van der Waals surface area contributed by atoms with Crippen LogP contribution >= 0.6 is 0 Å². The van der Waals surface area contributed by atoms with Crippen molar-refractivity contribution in [2.75, 3.05) is 26.3 Å². The number of aryl methyl sites for hydroxylation is 2. The summed E-state index contributed by atoms with van der Waals surface area (Å²) in [5.41, 5.74) is 3.46. The third-order valence-electron chi connectivity index (χ3n) is 5.95. The number of likely N-dealkylation sites (tertiary alicyclic amines) is 1. The number of nitrogens with zero attached hydrogens (tertiary/aromatic N) is 1. The molecule has 32 heavy (non-hydrogen) atoms. The average molecular weight is 439 g/mol. The van der Waals surface area contributed by atoms with Crippen molar-refractivity contribution in [3.05, 3.63) is 59.2 Å². The molecule has 1 fully saturated rings. The lowest BCUT2D eigenvalue weighted by molar-refractivity contribution is -0.134. The first-order valence-electron chi connectivity index (χ1n) is 11.4. The number of rotatable bonds is 9. The Hall–Kier alpha value is -3.02. The first-order valence-corrected chi connectivity index (χ1v) is 11.4. The Morgan fingerprint density at radius 1 is 1.00 bits per heavy atom. The summed E-state index contributed by atoms with van der Waals surface area (Å²) in [6.07, 6.45) is 3.61. The van der Waals surface area contributed by atoms with E-state index >= 15 is 0 Å². The summed E-state index contributed by atoms with van der Waals surface area (Å²) < 4.78 is 11.3. The standard InChI is InChI=1S/C26H34N2O4/c1-4-6-21-9-11-23(12-10-21)31-18-26(30)28-15-13-22(14-16-28)27-25(29)17-32-24-8-5-7-19(2)20(24)3/h5,7-12,22H,4,6,13-18H2,1-3H3,(H,27,29). The van der Waals surface area contributed by atoms with E-state index in [1.165, 1.54) is 5.56 Å². The molecule has 0 aromatic heterocycles. The summed E-state index contributed by atoms with van der Waals surface area (Å²) in [7, 11) is 0. The van der Waals surface area contributed by atoms with Gasteiger partial charge in [-0.2, -0.15) is 0 Å². The van der Waals surface area contributed by atoms with Crippen LogP contribution in [0.25, 0.3) is 0 Å². The zero-order valence-corrected chi connectivity index (χ0v) is 19.4. The molecule has 2 aromatic carbocycles. The van der Waals surface area contributed by atoms with E-state index in [-0.39, 0.29) is 31.1 Å². The smallest absolute Gasteiger partial charge is 0.260 e. The average Bonchev–Trinajstić information content (AvgIpc) is 2.80. The van der Waals surface area contributed by atoms with Crippen molar-refractivity contribution in [3.8, 4) is 11.5 Å². The predicted octanol–water partition coefficient (Wildman–Crippen LogP) is 3.82. The number of carbonyl (C=O) groups is 2. The van der Waals surface area contributed by atoms with Crippen LogP contribution in [0.5, 0.6) is 11.5 Å². The molecule has 0 spiro atoms. The number of benzene rings is 2. The summed E-state index contributed by atoms with van der Waals surface area (Å²) in [5, 5.41) is 3.02. The summed E-state index contributed by atoms with van der Waals surface area (Å²) in [6.45, 7) is 7.41. The number of hydrogen-bond acceptors (Lipinski definition) is 4. The second-order valence-corrected chi connectivity index (χ2v) is 8.39. The molecule has 2 aromatic rings. The van der Waals surface area contributed by atoms with Gasteiger partial charge in [0.1, 0.15) is 11.5 Å². The van der Waals surface area contributed by atoms with Crippen LogP contribution in [0.4, 0.5) is 0 Å². The molecule has 1 aliphatic rings. The third kappa shape index (κ3) is 6.74. The highest BCUT2D eigenvalue weighted by Crippen LogP contribution is 2.20. The Morgan fingerprint density at radius 3 is 2.41 bits per heavy atom. The van der Waals surface area contributed by atoms with E-state index in [1.807, 2.05) is 56.3 Å². The topological polar surface area (TPSA) is 67.9 Å². The number of carbonyl (C=O) groups excluding carboxylic acids is 2. The molecule has 0 atom stereocenters. The maximum absolute atomic E-state index is 12.5. The van der Waals surface area contributed by atoms with Crippen LogP contribution in [0.2, 0.25) is 0 Å². The van der Waals surface area contributed by atoms with Crippen molar-refractivity contribution in [1.29, 1.82) is 0 Å². The van der Waals surface area contributed by atoms with Crippen LogP contribution in [0.3, 0.4) is 0 Å². The van der Waals surface area contributed by atoms with E-state index in [4.69, 9.17) is 9.47 Å². The fourth-order valence-corrected chi connectivity index (χ4v) is 3.84. The fraction of sp³-hybridized carbons (Fsp3) is 0.462. The van der Waals surface area contributed by atoms with Gasteiger partial charge in [0.2, 0.25) is 0 Å². The highest BCUT2D eigenvalue weighted by molar-refractivity contribution is 5.79. The largest absolute Gasteiger partial charge is 0.484 e. The van der Waals surface area contributed by atoms with Crippen LogP contribution in [0.1, 0.15) is 42.9 Å². The number of amides is 2.